The number of hydrogen-bond acceptors (Lipinski definition) is 3. The zero-order valence-corrected chi connectivity index (χ0v) is 9.40. The molecule has 0 amide bonds. The summed E-state index contributed by atoms with van der Waals surface area (Å²) in [6, 6.07) is 4.06. The van der Waals surface area contributed by atoms with Crippen LogP contribution in [-0.4, -0.2) is 23.7 Å². The number of carbonyl (C=O) groups is 1. The molecule has 16 heavy (non-hydrogen) atoms. The van der Waals surface area contributed by atoms with E-state index in [1.165, 1.54) is 0 Å². The number of ether oxygens (including phenoxy) is 1. The molecule has 0 fully saturated rings. The number of carbonyl (C=O) groups excluding carboxylic acids is 1. The zero-order chi connectivity index (χ0) is 11.4. The zero-order valence-electron chi connectivity index (χ0n) is 9.40. The van der Waals surface area contributed by atoms with Gasteiger partial charge in [0.1, 0.15) is 0 Å². The number of rotatable bonds is 3. The minimum atomic E-state index is -0.180. The largest absolute Gasteiger partial charge is 0.466 e. The van der Waals surface area contributed by atoms with Crippen molar-refractivity contribution < 1.29 is 9.53 Å². The van der Waals surface area contributed by atoms with Gasteiger partial charge in [0.2, 0.25) is 0 Å². The molecular formula is C12H16N2O2. The number of hydrogen-bond donors (Lipinski definition) is 1. The number of fused-ring (bicyclic) bond motifs is 1. The molecule has 4 nitrogen and oxygen atoms in total. The van der Waals surface area contributed by atoms with Gasteiger partial charge in [0.15, 0.2) is 0 Å². The second kappa shape index (κ2) is 4.88. The van der Waals surface area contributed by atoms with Gasteiger partial charge in [-0.2, -0.15) is 0 Å². The fourth-order valence-electron chi connectivity index (χ4n) is 1.84. The van der Waals surface area contributed by atoms with Crippen molar-refractivity contribution in [3.05, 3.63) is 30.1 Å². The van der Waals surface area contributed by atoms with Gasteiger partial charge in [-0.15, -0.1) is 0 Å². The number of nitrogens with zero attached hydrogens (tertiary/aromatic N) is 1. The van der Waals surface area contributed by atoms with Crippen molar-refractivity contribution >= 4 is 11.7 Å². The minimum Gasteiger partial charge on any atom is -0.466 e. The fourth-order valence-corrected chi connectivity index (χ4v) is 1.84. The van der Waals surface area contributed by atoms with Crippen LogP contribution in [0.3, 0.4) is 0 Å². The minimum absolute atomic E-state index is 0.180. The molecule has 0 radical (unpaired) electrons. The molecule has 86 valence electrons. The van der Waals surface area contributed by atoms with E-state index in [0.717, 1.165) is 24.5 Å². The predicted molar refractivity (Wildman–Crippen MR) is 61.7 cm³/mol. The standard InChI is InChI=1S/C12H16N2O2/c1-2-16-12(15)6-5-10-11-4-3-8-14(11)9-7-13-10/h3-5,8,13H,2,6-7,9H2,1H3/b10-5+. The molecule has 4 heteroatoms. The molecule has 0 saturated heterocycles. The third kappa shape index (κ3) is 2.27. The van der Waals surface area contributed by atoms with Crippen molar-refractivity contribution in [2.75, 3.05) is 13.2 Å². The summed E-state index contributed by atoms with van der Waals surface area (Å²) in [7, 11) is 0. The van der Waals surface area contributed by atoms with E-state index in [1.54, 1.807) is 0 Å². The van der Waals surface area contributed by atoms with Crippen molar-refractivity contribution in [1.82, 2.24) is 9.88 Å². The normalized spacial score (nSPS) is 16.7. The quantitative estimate of drug-likeness (QED) is 0.783. The lowest BCUT2D eigenvalue weighted by Crippen LogP contribution is -2.26. The van der Waals surface area contributed by atoms with Gasteiger partial charge in [0.25, 0.3) is 0 Å². The van der Waals surface area contributed by atoms with Gasteiger partial charge in [-0.3, -0.25) is 4.79 Å². The molecule has 1 aliphatic rings. The second-order valence-corrected chi connectivity index (χ2v) is 3.64. The summed E-state index contributed by atoms with van der Waals surface area (Å²) in [6.45, 7) is 4.12. The van der Waals surface area contributed by atoms with Crippen molar-refractivity contribution in [3.8, 4) is 0 Å². The SMILES string of the molecule is CCOC(=O)C/C=C1/NCCn2cccc21. The van der Waals surface area contributed by atoms with E-state index in [2.05, 4.69) is 9.88 Å². The van der Waals surface area contributed by atoms with Crippen LogP contribution >= 0.6 is 0 Å². The van der Waals surface area contributed by atoms with E-state index in [1.807, 2.05) is 31.3 Å². The van der Waals surface area contributed by atoms with E-state index in [-0.39, 0.29) is 5.97 Å². The molecule has 0 saturated carbocycles. The summed E-state index contributed by atoms with van der Waals surface area (Å²) in [5.41, 5.74) is 2.15. The molecule has 1 aliphatic heterocycles. The summed E-state index contributed by atoms with van der Waals surface area (Å²) in [5.74, 6) is -0.180. The monoisotopic (exact) mass is 220 g/mol. The Bertz CT molecular complexity index is 407. The summed E-state index contributed by atoms with van der Waals surface area (Å²) < 4.78 is 7.06. The molecular weight excluding hydrogens is 204 g/mol. The number of nitrogens with one attached hydrogen (secondary N) is 1. The van der Waals surface area contributed by atoms with Crippen molar-refractivity contribution in [3.63, 3.8) is 0 Å². The van der Waals surface area contributed by atoms with Gasteiger partial charge in [0, 0.05) is 19.3 Å². The third-order valence-corrected chi connectivity index (χ3v) is 2.55. The Morgan fingerprint density at radius 1 is 1.69 bits per heavy atom. The molecule has 0 unspecified atom stereocenters. The number of aromatic nitrogens is 1. The predicted octanol–water partition coefficient (Wildman–Crippen LogP) is 1.39. The van der Waals surface area contributed by atoms with Crippen LogP contribution in [-0.2, 0) is 16.1 Å². The van der Waals surface area contributed by atoms with Crippen LogP contribution < -0.4 is 5.32 Å². The maximum atomic E-state index is 11.2. The molecule has 0 spiro atoms. The van der Waals surface area contributed by atoms with E-state index in [4.69, 9.17) is 4.74 Å². The van der Waals surface area contributed by atoms with Crippen LogP contribution in [0.2, 0.25) is 0 Å². The molecule has 0 bridgehead atoms. The third-order valence-electron chi connectivity index (χ3n) is 2.55. The highest BCUT2D eigenvalue weighted by atomic mass is 16.5. The molecule has 2 rings (SSSR count). The Labute approximate surface area is 94.9 Å². The summed E-state index contributed by atoms with van der Waals surface area (Å²) >= 11 is 0. The first-order valence-electron chi connectivity index (χ1n) is 5.56. The average molecular weight is 220 g/mol. The fraction of sp³-hybridized carbons (Fsp3) is 0.417. The van der Waals surface area contributed by atoms with E-state index >= 15 is 0 Å². The number of esters is 1. The summed E-state index contributed by atoms with van der Waals surface area (Å²) in [4.78, 5) is 11.2. The first-order valence-corrected chi connectivity index (χ1v) is 5.56. The molecule has 0 atom stereocenters. The Morgan fingerprint density at radius 2 is 2.56 bits per heavy atom. The topological polar surface area (TPSA) is 43.3 Å². The smallest absolute Gasteiger partial charge is 0.309 e. The van der Waals surface area contributed by atoms with Gasteiger partial charge < -0.3 is 14.6 Å². The molecule has 0 aliphatic carbocycles. The van der Waals surface area contributed by atoms with Gasteiger partial charge in [-0.05, 0) is 25.1 Å². The Hall–Kier alpha value is -1.71. The van der Waals surface area contributed by atoms with Crippen LogP contribution in [0.1, 0.15) is 19.0 Å². The molecule has 1 N–H and O–H groups in total. The maximum absolute atomic E-state index is 11.2. The van der Waals surface area contributed by atoms with E-state index < -0.39 is 0 Å². The van der Waals surface area contributed by atoms with Crippen LogP contribution in [0.5, 0.6) is 0 Å². The van der Waals surface area contributed by atoms with Crippen molar-refractivity contribution in [1.29, 1.82) is 0 Å². The summed E-state index contributed by atoms with van der Waals surface area (Å²) in [6.07, 6.45) is 4.26. The van der Waals surface area contributed by atoms with Crippen LogP contribution in [0.15, 0.2) is 24.4 Å². The van der Waals surface area contributed by atoms with Crippen LogP contribution in [0, 0.1) is 0 Å². The van der Waals surface area contributed by atoms with Crippen LogP contribution in [0.25, 0.3) is 5.70 Å². The average Bonchev–Trinajstić information content (AvgIpc) is 2.75. The maximum Gasteiger partial charge on any atom is 0.309 e. The van der Waals surface area contributed by atoms with Gasteiger partial charge >= 0.3 is 5.97 Å². The Kier molecular flexibility index (Phi) is 3.29. The van der Waals surface area contributed by atoms with Gasteiger partial charge in [0.05, 0.1) is 24.4 Å². The second-order valence-electron chi connectivity index (χ2n) is 3.64. The molecule has 2 heterocycles. The molecule has 0 aromatic carbocycles. The highest BCUT2D eigenvalue weighted by Crippen LogP contribution is 2.16. The molecule has 1 aromatic rings. The first kappa shape index (κ1) is 10.8. The van der Waals surface area contributed by atoms with Crippen molar-refractivity contribution in [2.45, 2.75) is 19.9 Å². The summed E-state index contributed by atoms with van der Waals surface area (Å²) in [5, 5.41) is 3.29. The Balaban J connectivity index is 2.06. The van der Waals surface area contributed by atoms with E-state index in [9.17, 15) is 4.79 Å². The first-order chi connectivity index (χ1) is 7.81. The lowest BCUT2D eigenvalue weighted by molar-refractivity contribution is -0.142. The van der Waals surface area contributed by atoms with Gasteiger partial charge in [-0.1, -0.05) is 0 Å². The van der Waals surface area contributed by atoms with Crippen LogP contribution in [0.4, 0.5) is 0 Å². The van der Waals surface area contributed by atoms with Crippen molar-refractivity contribution in [2.24, 2.45) is 0 Å². The highest BCUT2D eigenvalue weighted by molar-refractivity contribution is 5.74. The lowest BCUT2D eigenvalue weighted by atomic mass is 10.2. The highest BCUT2D eigenvalue weighted by Gasteiger charge is 2.12. The Morgan fingerprint density at radius 3 is 3.38 bits per heavy atom. The van der Waals surface area contributed by atoms with Gasteiger partial charge in [-0.25, -0.2) is 0 Å². The van der Waals surface area contributed by atoms with E-state index in [0.29, 0.717) is 13.0 Å². The molecule has 1 aromatic heterocycles. The lowest BCUT2D eigenvalue weighted by Gasteiger charge is -2.20.